The molecule has 10 nitrogen and oxygen atoms in total. The number of aryl methyl sites for hydroxylation is 1. The monoisotopic (exact) mass is 583 g/mol. The molecule has 1 saturated heterocycles. The second-order valence-electron chi connectivity index (χ2n) is 10.4. The Morgan fingerprint density at radius 1 is 0.860 bits per heavy atom. The van der Waals surface area contributed by atoms with E-state index in [4.69, 9.17) is 14.2 Å². The number of anilines is 3. The normalized spacial score (nSPS) is 13.3. The maximum absolute atomic E-state index is 12.8. The number of carbonyl (C=O) groups is 2. The number of hydrogen-bond donors (Lipinski definition) is 3. The zero-order valence-corrected chi connectivity index (χ0v) is 24.9. The van der Waals surface area contributed by atoms with Gasteiger partial charge in [-0.05, 0) is 67.8 Å². The molecular weight excluding hydrogens is 546 g/mol. The van der Waals surface area contributed by atoms with Crippen molar-refractivity contribution < 1.29 is 23.8 Å². The number of benzene rings is 3. The number of urea groups is 1. The van der Waals surface area contributed by atoms with Crippen molar-refractivity contribution in [3.8, 4) is 23.0 Å². The first-order valence-corrected chi connectivity index (χ1v) is 14.4. The van der Waals surface area contributed by atoms with E-state index in [9.17, 15) is 9.59 Å². The van der Waals surface area contributed by atoms with Crippen LogP contribution in [0, 0.1) is 6.92 Å². The lowest BCUT2D eigenvalue weighted by molar-refractivity contribution is -0.121. The average Bonchev–Trinajstić information content (AvgIpc) is 3.02. The standard InChI is InChI=1S/C33H37N5O5/c1-5-32(39)35-23-13-16-38(17-14-23)25-10-8-22(9-11-25)36-33(40)37-24-7-6-21(2)29(18-24)43-28-12-15-34-27-20-31(42-4)30(41-3)19-26(27)28/h6-12,15,18-20,23H,5,13-14,16-17H2,1-4H3,(H,35,39)(H2,36,37,40). The maximum atomic E-state index is 12.8. The summed E-state index contributed by atoms with van der Waals surface area (Å²) in [6, 6.07) is 18.6. The Bertz CT molecular complexity index is 1600. The second kappa shape index (κ2) is 13.3. The Kier molecular flexibility index (Phi) is 9.14. The van der Waals surface area contributed by atoms with Crippen LogP contribution in [-0.2, 0) is 4.79 Å². The van der Waals surface area contributed by atoms with Gasteiger partial charge in [-0.25, -0.2) is 4.79 Å². The summed E-state index contributed by atoms with van der Waals surface area (Å²) < 4.78 is 17.2. The first-order valence-electron chi connectivity index (χ1n) is 14.4. The van der Waals surface area contributed by atoms with Gasteiger partial charge in [-0.2, -0.15) is 0 Å². The number of carbonyl (C=O) groups excluding carboxylic acids is 2. The van der Waals surface area contributed by atoms with Crippen LogP contribution >= 0.6 is 0 Å². The van der Waals surface area contributed by atoms with E-state index in [0.29, 0.717) is 46.3 Å². The Morgan fingerprint density at radius 3 is 2.23 bits per heavy atom. The third-order valence-electron chi connectivity index (χ3n) is 7.54. The molecule has 4 aromatic rings. The van der Waals surface area contributed by atoms with Crippen molar-refractivity contribution in [3.63, 3.8) is 0 Å². The minimum Gasteiger partial charge on any atom is -0.493 e. The van der Waals surface area contributed by atoms with Gasteiger partial charge >= 0.3 is 6.03 Å². The Hall–Kier alpha value is -4.99. The fourth-order valence-electron chi connectivity index (χ4n) is 5.10. The van der Waals surface area contributed by atoms with Crippen LogP contribution in [0.4, 0.5) is 21.9 Å². The number of aromatic nitrogens is 1. The predicted molar refractivity (Wildman–Crippen MR) is 169 cm³/mol. The highest BCUT2D eigenvalue weighted by atomic mass is 16.5. The van der Waals surface area contributed by atoms with Gasteiger partial charge in [0.2, 0.25) is 5.91 Å². The fraction of sp³-hybridized carbons (Fsp3) is 0.303. The van der Waals surface area contributed by atoms with Crippen molar-refractivity contribution in [1.82, 2.24) is 10.3 Å². The van der Waals surface area contributed by atoms with Crippen LogP contribution < -0.4 is 35.1 Å². The van der Waals surface area contributed by atoms with E-state index < -0.39 is 0 Å². The van der Waals surface area contributed by atoms with E-state index in [0.717, 1.165) is 42.6 Å². The van der Waals surface area contributed by atoms with E-state index in [1.54, 1.807) is 38.6 Å². The number of nitrogens with zero attached hydrogens (tertiary/aromatic N) is 2. The Labute approximate surface area is 251 Å². The summed E-state index contributed by atoms with van der Waals surface area (Å²) in [6.45, 7) is 5.56. The average molecular weight is 584 g/mol. The van der Waals surface area contributed by atoms with Crippen molar-refractivity contribution in [2.45, 2.75) is 39.2 Å². The van der Waals surface area contributed by atoms with Gasteiger partial charge in [0.25, 0.3) is 0 Å². The summed E-state index contributed by atoms with van der Waals surface area (Å²) in [5, 5.41) is 9.65. The zero-order valence-electron chi connectivity index (χ0n) is 24.9. The highest BCUT2D eigenvalue weighted by Gasteiger charge is 2.20. The van der Waals surface area contributed by atoms with Crippen LogP contribution in [0.5, 0.6) is 23.0 Å². The quantitative estimate of drug-likeness (QED) is 0.206. The van der Waals surface area contributed by atoms with Crippen molar-refractivity contribution >= 4 is 39.9 Å². The van der Waals surface area contributed by atoms with E-state index in [1.165, 1.54) is 0 Å². The lowest BCUT2D eigenvalue weighted by atomic mass is 10.0. The second-order valence-corrected chi connectivity index (χ2v) is 10.4. The van der Waals surface area contributed by atoms with Crippen LogP contribution in [0.3, 0.4) is 0 Å². The maximum Gasteiger partial charge on any atom is 0.323 e. The zero-order chi connectivity index (χ0) is 30.3. The summed E-state index contributed by atoms with van der Waals surface area (Å²) in [5.41, 5.74) is 3.97. The molecule has 0 spiro atoms. The van der Waals surface area contributed by atoms with E-state index >= 15 is 0 Å². The summed E-state index contributed by atoms with van der Waals surface area (Å²) >= 11 is 0. The number of ether oxygens (including phenoxy) is 3. The summed E-state index contributed by atoms with van der Waals surface area (Å²) in [6.07, 6.45) is 4.01. The van der Waals surface area contributed by atoms with Gasteiger partial charge in [0.05, 0.1) is 19.7 Å². The minimum absolute atomic E-state index is 0.103. The molecule has 1 aromatic heterocycles. The molecule has 3 N–H and O–H groups in total. The van der Waals surface area contributed by atoms with Gasteiger partial charge < -0.3 is 35.1 Å². The molecular formula is C33H37N5O5. The Morgan fingerprint density at radius 2 is 1.53 bits per heavy atom. The molecule has 3 aromatic carbocycles. The summed E-state index contributed by atoms with van der Waals surface area (Å²) in [5.74, 6) is 2.47. The smallest absolute Gasteiger partial charge is 0.323 e. The molecule has 1 fully saturated rings. The van der Waals surface area contributed by atoms with Gasteiger partial charge in [-0.3, -0.25) is 9.78 Å². The highest BCUT2D eigenvalue weighted by Crippen LogP contribution is 2.38. The SMILES string of the molecule is CCC(=O)NC1CCN(c2ccc(NC(=O)Nc3ccc(C)c(Oc4ccnc5cc(OC)c(OC)cc45)c3)cc2)CC1. The molecule has 0 atom stereocenters. The minimum atomic E-state index is -0.360. The Balaban J connectivity index is 1.21. The molecule has 1 aliphatic heterocycles. The third-order valence-corrected chi connectivity index (χ3v) is 7.54. The molecule has 2 heterocycles. The number of nitrogens with one attached hydrogen (secondary N) is 3. The lowest BCUT2D eigenvalue weighted by Gasteiger charge is -2.34. The molecule has 0 aliphatic carbocycles. The molecule has 5 rings (SSSR count). The van der Waals surface area contributed by atoms with Crippen LogP contribution in [-0.4, -0.2) is 50.3 Å². The van der Waals surface area contributed by atoms with E-state index in [2.05, 4.69) is 25.8 Å². The number of rotatable bonds is 9. The number of piperidine rings is 1. The van der Waals surface area contributed by atoms with E-state index in [1.807, 2.05) is 56.3 Å². The molecule has 43 heavy (non-hydrogen) atoms. The van der Waals surface area contributed by atoms with E-state index in [-0.39, 0.29) is 18.0 Å². The third kappa shape index (κ3) is 7.09. The van der Waals surface area contributed by atoms with Crippen molar-refractivity contribution in [1.29, 1.82) is 0 Å². The molecule has 0 bridgehead atoms. The van der Waals surface area contributed by atoms with Gasteiger partial charge in [-0.1, -0.05) is 13.0 Å². The number of pyridine rings is 1. The summed E-state index contributed by atoms with van der Waals surface area (Å²) in [4.78, 5) is 31.2. The van der Waals surface area contributed by atoms with Gasteiger partial charge in [0.15, 0.2) is 11.5 Å². The first-order chi connectivity index (χ1) is 20.9. The predicted octanol–water partition coefficient (Wildman–Crippen LogP) is 6.49. The van der Waals surface area contributed by atoms with Crippen LogP contribution in [0.25, 0.3) is 10.9 Å². The number of fused-ring (bicyclic) bond motifs is 1. The largest absolute Gasteiger partial charge is 0.493 e. The molecule has 0 saturated carbocycles. The van der Waals surface area contributed by atoms with Crippen LogP contribution in [0.2, 0.25) is 0 Å². The number of amides is 3. The van der Waals surface area contributed by atoms with Crippen molar-refractivity contribution in [3.05, 3.63) is 72.4 Å². The molecule has 0 unspecified atom stereocenters. The molecule has 10 heteroatoms. The molecule has 1 aliphatic rings. The molecule has 224 valence electrons. The van der Waals surface area contributed by atoms with Crippen molar-refractivity contribution in [2.75, 3.05) is 42.8 Å². The number of hydrogen-bond acceptors (Lipinski definition) is 7. The van der Waals surface area contributed by atoms with Gasteiger partial charge in [0, 0.05) is 66.3 Å². The summed E-state index contributed by atoms with van der Waals surface area (Å²) in [7, 11) is 3.17. The fourth-order valence-corrected chi connectivity index (χ4v) is 5.10. The topological polar surface area (TPSA) is 114 Å². The molecule has 0 radical (unpaired) electrons. The van der Waals surface area contributed by atoms with Gasteiger partial charge in [-0.15, -0.1) is 0 Å². The first kappa shape index (κ1) is 29.5. The van der Waals surface area contributed by atoms with Crippen molar-refractivity contribution in [2.24, 2.45) is 0 Å². The lowest BCUT2D eigenvalue weighted by Crippen LogP contribution is -2.44. The van der Waals surface area contributed by atoms with Crippen LogP contribution in [0.1, 0.15) is 31.7 Å². The highest BCUT2D eigenvalue weighted by molar-refractivity contribution is 6.00. The van der Waals surface area contributed by atoms with Crippen LogP contribution in [0.15, 0.2) is 66.9 Å². The number of methoxy groups -OCH3 is 2. The van der Waals surface area contributed by atoms with Gasteiger partial charge in [0.1, 0.15) is 11.5 Å². The molecule has 3 amide bonds.